The minimum absolute atomic E-state index is 0.00231. The van der Waals surface area contributed by atoms with Crippen LogP contribution in [0.1, 0.15) is 11.1 Å². The van der Waals surface area contributed by atoms with Crippen LogP contribution in [-0.4, -0.2) is 30.1 Å². The van der Waals surface area contributed by atoms with E-state index in [2.05, 4.69) is 41.8 Å². The van der Waals surface area contributed by atoms with Crippen molar-refractivity contribution in [1.82, 2.24) is 10.6 Å². The summed E-state index contributed by atoms with van der Waals surface area (Å²) in [5, 5.41) is 6.14. The van der Waals surface area contributed by atoms with Gasteiger partial charge >= 0.3 is 0 Å². The summed E-state index contributed by atoms with van der Waals surface area (Å²) in [6.45, 7) is 2.80. The molecule has 3 nitrogen and oxygen atoms in total. The van der Waals surface area contributed by atoms with Crippen LogP contribution >= 0.6 is 11.8 Å². The van der Waals surface area contributed by atoms with E-state index in [1.807, 2.05) is 0 Å². The van der Waals surface area contributed by atoms with E-state index in [-0.39, 0.29) is 11.9 Å². The molecule has 0 radical (unpaired) electrons. The van der Waals surface area contributed by atoms with Gasteiger partial charge < -0.3 is 5.32 Å². The van der Waals surface area contributed by atoms with Crippen LogP contribution < -0.4 is 10.6 Å². The molecule has 1 fully saturated rings. The molecule has 0 aliphatic carbocycles. The molecule has 92 valence electrons. The SMILES string of the molecule is Cc1cccc(CCNC(=O)C2CSCN2)c1. The highest BCUT2D eigenvalue weighted by molar-refractivity contribution is 7.99. The highest BCUT2D eigenvalue weighted by atomic mass is 32.2. The fourth-order valence-electron chi connectivity index (χ4n) is 1.88. The number of hydrogen-bond acceptors (Lipinski definition) is 3. The minimum atomic E-state index is -0.00231. The molecule has 0 bridgehead atoms. The summed E-state index contributed by atoms with van der Waals surface area (Å²) >= 11 is 1.77. The highest BCUT2D eigenvalue weighted by Gasteiger charge is 2.21. The molecule has 0 aromatic heterocycles. The Bertz CT molecular complexity index is 389. The summed E-state index contributed by atoms with van der Waals surface area (Å²) in [6.07, 6.45) is 0.896. The van der Waals surface area contributed by atoms with Crippen LogP contribution in [-0.2, 0) is 11.2 Å². The van der Waals surface area contributed by atoms with Gasteiger partial charge in [0.1, 0.15) is 0 Å². The Hall–Kier alpha value is -1.00. The Kier molecular flexibility index (Phi) is 4.45. The molecule has 17 heavy (non-hydrogen) atoms. The first-order valence-corrected chi connectivity index (χ1v) is 7.05. The minimum Gasteiger partial charge on any atom is -0.354 e. The Morgan fingerprint density at radius 1 is 1.59 bits per heavy atom. The van der Waals surface area contributed by atoms with Gasteiger partial charge in [0.15, 0.2) is 0 Å². The number of benzene rings is 1. The third kappa shape index (κ3) is 3.75. The molecule has 1 heterocycles. The maximum atomic E-state index is 11.7. The second-order valence-corrected chi connectivity index (χ2v) is 5.33. The molecular weight excluding hydrogens is 232 g/mol. The normalized spacial score (nSPS) is 19.2. The summed E-state index contributed by atoms with van der Waals surface area (Å²) in [6, 6.07) is 8.40. The molecule has 4 heteroatoms. The lowest BCUT2D eigenvalue weighted by molar-refractivity contribution is -0.122. The lowest BCUT2D eigenvalue weighted by Crippen LogP contribution is -2.42. The number of aryl methyl sites for hydroxylation is 1. The van der Waals surface area contributed by atoms with E-state index in [4.69, 9.17) is 0 Å². The average molecular weight is 250 g/mol. The second kappa shape index (κ2) is 6.07. The summed E-state index contributed by atoms with van der Waals surface area (Å²) in [5.41, 5.74) is 2.54. The first-order chi connectivity index (χ1) is 8.25. The van der Waals surface area contributed by atoms with Gasteiger partial charge in [-0.15, -0.1) is 11.8 Å². The Morgan fingerprint density at radius 2 is 2.47 bits per heavy atom. The molecule has 1 unspecified atom stereocenters. The zero-order chi connectivity index (χ0) is 12.1. The second-order valence-electron chi connectivity index (χ2n) is 4.30. The average Bonchev–Trinajstić information content (AvgIpc) is 2.82. The third-order valence-electron chi connectivity index (χ3n) is 2.83. The molecule has 1 saturated heterocycles. The van der Waals surface area contributed by atoms with Crippen LogP contribution in [0.15, 0.2) is 24.3 Å². The maximum absolute atomic E-state index is 11.7. The van der Waals surface area contributed by atoms with Gasteiger partial charge in [-0.1, -0.05) is 29.8 Å². The quantitative estimate of drug-likeness (QED) is 0.847. The molecule has 1 aromatic carbocycles. The fraction of sp³-hybridized carbons (Fsp3) is 0.462. The summed E-state index contributed by atoms with van der Waals surface area (Å²) in [7, 11) is 0. The molecule has 2 rings (SSSR count). The van der Waals surface area contributed by atoms with Gasteiger partial charge in [-0.3, -0.25) is 10.1 Å². The zero-order valence-electron chi connectivity index (χ0n) is 10.0. The Morgan fingerprint density at radius 3 is 3.18 bits per heavy atom. The predicted octanol–water partition coefficient (Wildman–Crippen LogP) is 1.32. The number of carbonyl (C=O) groups is 1. The maximum Gasteiger partial charge on any atom is 0.238 e. The highest BCUT2D eigenvalue weighted by Crippen LogP contribution is 2.09. The van der Waals surface area contributed by atoms with E-state index < -0.39 is 0 Å². The van der Waals surface area contributed by atoms with Crippen LogP contribution in [0.5, 0.6) is 0 Å². The van der Waals surface area contributed by atoms with Crippen molar-refractivity contribution in [2.24, 2.45) is 0 Å². The number of carbonyl (C=O) groups excluding carboxylic acids is 1. The van der Waals surface area contributed by atoms with Crippen LogP contribution in [0.2, 0.25) is 0 Å². The molecule has 1 aliphatic heterocycles. The lowest BCUT2D eigenvalue weighted by Gasteiger charge is -2.10. The van der Waals surface area contributed by atoms with Gasteiger partial charge in [0.2, 0.25) is 5.91 Å². The lowest BCUT2D eigenvalue weighted by atomic mass is 10.1. The number of hydrogen-bond donors (Lipinski definition) is 2. The molecule has 1 aromatic rings. The van der Waals surface area contributed by atoms with Gasteiger partial charge in [0.05, 0.1) is 6.04 Å². The number of rotatable bonds is 4. The number of amides is 1. The largest absolute Gasteiger partial charge is 0.354 e. The van der Waals surface area contributed by atoms with E-state index in [9.17, 15) is 4.79 Å². The van der Waals surface area contributed by atoms with E-state index in [1.165, 1.54) is 11.1 Å². The van der Waals surface area contributed by atoms with Crippen molar-refractivity contribution in [3.63, 3.8) is 0 Å². The standard InChI is InChI=1S/C13H18N2OS/c1-10-3-2-4-11(7-10)5-6-14-13(16)12-8-17-9-15-12/h2-4,7,12,15H,5-6,8-9H2,1H3,(H,14,16). The van der Waals surface area contributed by atoms with Gasteiger partial charge in [0.25, 0.3) is 0 Å². The van der Waals surface area contributed by atoms with E-state index >= 15 is 0 Å². The third-order valence-corrected chi connectivity index (χ3v) is 3.77. The van der Waals surface area contributed by atoms with E-state index in [0.717, 1.165) is 18.1 Å². The first kappa shape index (κ1) is 12.5. The Balaban J connectivity index is 1.73. The predicted molar refractivity (Wildman–Crippen MR) is 72.1 cm³/mol. The zero-order valence-corrected chi connectivity index (χ0v) is 10.8. The summed E-state index contributed by atoms with van der Waals surface area (Å²) < 4.78 is 0. The fourth-order valence-corrected chi connectivity index (χ4v) is 2.83. The van der Waals surface area contributed by atoms with Gasteiger partial charge in [0, 0.05) is 18.2 Å². The topological polar surface area (TPSA) is 41.1 Å². The number of thioether (sulfide) groups is 1. The van der Waals surface area contributed by atoms with Crippen LogP contribution in [0.25, 0.3) is 0 Å². The molecule has 1 amide bonds. The molecule has 2 N–H and O–H groups in total. The van der Waals surface area contributed by atoms with Crippen LogP contribution in [0.3, 0.4) is 0 Å². The molecule has 0 saturated carbocycles. The monoisotopic (exact) mass is 250 g/mol. The van der Waals surface area contributed by atoms with Crippen molar-refractivity contribution in [1.29, 1.82) is 0 Å². The first-order valence-electron chi connectivity index (χ1n) is 5.90. The van der Waals surface area contributed by atoms with Crippen LogP contribution in [0, 0.1) is 6.92 Å². The van der Waals surface area contributed by atoms with Crippen molar-refractivity contribution in [2.45, 2.75) is 19.4 Å². The van der Waals surface area contributed by atoms with Crippen molar-refractivity contribution < 1.29 is 4.79 Å². The van der Waals surface area contributed by atoms with Gasteiger partial charge in [-0.05, 0) is 18.9 Å². The summed E-state index contributed by atoms with van der Waals surface area (Å²) in [5.74, 6) is 1.90. The van der Waals surface area contributed by atoms with Crippen molar-refractivity contribution in [3.05, 3.63) is 35.4 Å². The van der Waals surface area contributed by atoms with Crippen molar-refractivity contribution in [3.8, 4) is 0 Å². The van der Waals surface area contributed by atoms with Crippen molar-refractivity contribution in [2.75, 3.05) is 18.2 Å². The van der Waals surface area contributed by atoms with Crippen molar-refractivity contribution >= 4 is 17.7 Å². The molecule has 0 spiro atoms. The van der Waals surface area contributed by atoms with Crippen LogP contribution in [0.4, 0.5) is 0 Å². The smallest absolute Gasteiger partial charge is 0.238 e. The van der Waals surface area contributed by atoms with E-state index in [0.29, 0.717) is 6.54 Å². The number of nitrogens with one attached hydrogen (secondary N) is 2. The summed E-state index contributed by atoms with van der Waals surface area (Å²) in [4.78, 5) is 11.7. The molecule has 1 aliphatic rings. The van der Waals surface area contributed by atoms with E-state index in [1.54, 1.807) is 11.8 Å². The van der Waals surface area contributed by atoms with Gasteiger partial charge in [-0.2, -0.15) is 0 Å². The molecular formula is C13H18N2OS. The van der Waals surface area contributed by atoms with Gasteiger partial charge in [-0.25, -0.2) is 0 Å². The Labute approximate surface area is 106 Å². The molecule has 1 atom stereocenters.